The van der Waals surface area contributed by atoms with E-state index < -0.39 is 73.9 Å². The van der Waals surface area contributed by atoms with Crippen molar-refractivity contribution in [2.45, 2.75) is 75.4 Å². The van der Waals surface area contributed by atoms with Crippen LogP contribution in [-0.4, -0.2) is 98.4 Å². The fourth-order valence-electron chi connectivity index (χ4n) is 6.90. The SMILES string of the molecule is C=C[C@@H]1C[C@@]1(NC(=O)[C@@H]1C[C@@H](n2nc(-c3ccc(OC)cc3)c(-c3nccs3)n2)CN1C(=O)[C@H](NC(=O)c1ccc[nH]1)C(C)(C)C)C(=O)NS(=O)(=O)C1CC1. The lowest BCUT2D eigenvalue weighted by Crippen LogP contribution is -2.60. The number of thiazole rings is 1. The lowest BCUT2D eigenvalue weighted by molar-refractivity contribution is -0.142. The van der Waals surface area contributed by atoms with E-state index in [9.17, 15) is 27.6 Å². The van der Waals surface area contributed by atoms with E-state index in [1.54, 1.807) is 43.8 Å². The first-order valence-corrected chi connectivity index (χ1v) is 20.3. The zero-order valence-corrected chi connectivity index (χ0v) is 32.4. The number of hydrogen-bond acceptors (Lipinski definition) is 11. The number of carbonyl (C=O) groups is 4. The number of methoxy groups -OCH3 is 1. The van der Waals surface area contributed by atoms with Crippen molar-refractivity contribution in [1.82, 2.24) is 45.2 Å². The molecule has 3 fully saturated rings. The van der Waals surface area contributed by atoms with Gasteiger partial charge < -0.3 is 25.3 Å². The van der Waals surface area contributed by atoms with Crippen molar-refractivity contribution >= 4 is 45.0 Å². The molecule has 2 aliphatic carbocycles. The van der Waals surface area contributed by atoms with Crippen molar-refractivity contribution < 1.29 is 32.3 Å². The predicted octanol–water partition coefficient (Wildman–Crippen LogP) is 3.06. The minimum absolute atomic E-state index is 0.0178. The monoisotopic (exact) mass is 789 g/mol. The fraction of sp³-hybridized carbons (Fsp3) is 0.432. The van der Waals surface area contributed by atoms with Crippen LogP contribution in [-0.2, 0) is 24.4 Å². The maximum atomic E-state index is 14.7. The number of aromatic nitrogens is 5. The van der Waals surface area contributed by atoms with Crippen LogP contribution < -0.4 is 20.1 Å². The second kappa shape index (κ2) is 14.4. The maximum absolute atomic E-state index is 14.7. The van der Waals surface area contributed by atoms with Gasteiger partial charge in [-0.3, -0.25) is 23.9 Å². The van der Waals surface area contributed by atoms with Gasteiger partial charge in [0, 0.05) is 42.2 Å². The fourth-order valence-corrected chi connectivity index (χ4v) is 8.89. The number of likely N-dealkylation sites (tertiary alicyclic amines) is 1. The van der Waals surface area contributed by atoms with Crippen LogP contribution in [0.1, 0.15) is 63.0 Å². The van der Waals surface area contributed by atoms with Gasteiger partial charge in [-0.05, 0) is 61.1 Å². The molecule has 0 bridgehead atoms. The van der Waals surface area contributed by atoms with E-state index >= 15 is 0 Å². The Labute approximate surface area is 322 Å². The summed E-state index contributed by atoms with van der Waals surface area (Å²) in [5.41, 5.74) is -0.317. The largest absolute Gasteiger partial charge is 0.497 e. The number of amides is 4. The zero-order valence-electron chi connectivity index (χ0n) is 30.8. The van der Waals surface area contributed by atoms with Crippen LogP contribution in [0.5, 0.6) is 5.75 Å². The molecule has 1 aromatic carbocycles. The smallest absolute Gasteiger partial charge is 0.268 e. The number of ether oxygens (including phenoxy) is 1. The van der Waals surface area contributed by atoms with Crippen molar-refractivity contribution in [2.75, 3.05) is 13.7 Å². The molecule has 4 heterocycles. The van der Waals surface area contributed by atoms with Crippen LogP contribution in [0.3, 0.4) is 0 Å². The molecule has 4 N–H and O–H groups in total. The molecule has 5 atom stereocenters. The number of hydrogen-bond donors (Lipinski definition) is 4. The van der Waals surface area contributed by atoms with Gasteiger partial charge in [-0.2, -0.15) is 9.90 Å². The summed E-state index contributed by atoms with van der Waals surface area (Å²) in [5.74, 6) is -2.40. The Bertz CT molecular complexity index is 2210. The van der Waals surface area contributed by atoms with Crippen LogP contribution >= 0.6 is 11.3 Å². The van der Waals surface area contributed by atoms with Crippen LogP contribution in [0.4, 0.5) is 0 Å². The molecule has 4 aromatic rings. The van der Waals surface area contributed by atoms with E-state index in [1.165, 1.54) is 27.1 Å². The molecular weight excluding hydrogens is 747 g/mol. The molecule has 18 heteroatoms. The van der Waals surface area contributed by atoms with Crippen molar-refractivity contribution in [1.29, 1.82) is 0 Å². The number of benzene rings is 1. The Morgan fingerprint density at radius 3 is 2.42 bits per heavy atom. The first kappa shape index (κ1) is 37.9. The van der Waals surface area contributed by atoms with Gasteiger partial charge in [-0.25, -0.2) is 13.4 Å². The summed E-state index contributed by atoms with van der Waals surface area (Å²) < 4.78 is 33.0. The van der Waals surface area contributed by atoms with Crippen LogP contribution in [0.15, 0.2) is 66.8 Å². The van der Waals surface area contributed by atoms with Gasteiger partial charge in [0.15, 0.2) is 0 Å². The van der Waals surface area contributed by atoms with Gasteiger partial charge in [0.25, 0.3) is 11.8 Å². The molecule has 2 saturated carbocycles. The highest BCUT2D eigenvalue weighted by atomic mass is 32.2. The van der Waals surface area contributed by atoms with Crippen LogP contribution in [0, 0.1) is 11.3 Å². The molecule has 0 spiro atoms. The normalized spacial score (nSPS) is 22.8. The van der Waals surface area contributed by atoms with E-state index in [-0.39, 0.29) is 25.1 Å². The molecular formula is C37H43N9O7S2. The minimum atomic E-state index is -3.91. The van der Waals surface area contributed by atoms with Gasteiger partial charge >= 0.3 is 0 Å². The Balaban J connectivity index is 1.23. The number of nitrogens with one attached hydrogen (secondary N) is 4. The lowest BCUT2D eigenvalue weighted by Gasteiger charge is -2.35. The first-order chi connectivity index (χ1) is 26.1. The zero-order chi connectivity index (χ0) is 39.3. The number of H-pyrrole nitrogens is 1. The average molecular weight is 790 g/mol. The Kier molecular flexibility index (Phi) is 9.91. The summed E-state index contributed by atoms with van der Waals surface area (Å²) in [6, 6.07) is 7.72. The quantitative estimate of drug-likeness (QED) is 0.146. The Morgan fingerprint density at radius 1 is 1.11 bits per heavy atom. The number of carbonyl (C=O) groups excluding carboxylic acids is 4. The topological polar surface area (TPSA) is 210 Å². The molecule has 1 aliphatic heterocycles. The maximum Gasteiger partial charge on any atom is 0.268 e. The van der Waals surface area contributed by atoms with Crippen molar-refractivity contribution in [3.8, 4) is 27.7 Å². The Hall–Kier alpha value is -5.36. The van der Waals surface area contributed by atoms with Gasteiger partial charge in [0.2, 0.25) is 21.8 Å². The number of aromatic amines is 1. The molecule has 3 aromatic heterocycles. The van der Waals surface area contributed by atoms with Gasteiger partial charge in [0.1, 0.15) is 45.5 Å². The number of rotatable bonds is 13. The molecule has 4 amide bonds. The standard InChI is InChI=1S/C37H43N9O7S2/c1-6-22-19-37(22,35(50)44-55(51,52)25-13-14-25)41-32(48)27-18-23(20-45(27)34(49)30(36(2,3)4)40-31(47)26-8-7-15-38-26)46-42-28(21-9-11-24(53-5)12-10-21)29(43-46)33-39-16-17-54-33/h6-12,15-17,22-23,25,27,30,38H,1,13-14,18-20H2,2-5H3,(H,40,47)(H,41,48)(H,44,50)/t22-,23-,27+,30+,37+/m1/s1. The second-order valence-electron chi connectivity index (χ2n) is 15.2. The molecule has 0 radical (unpaired) electrons. The molecule has 0 unspecified atom stereocenters. The summed E-state index contributed by atoms with van der Waals surface area (Å²) in [6.07, 6.45) is 5.86. The van der Waals surface area contributed by atoms with Crippen LogP contribution in [0.2, 0.25) is 0 Å². The number of nitrogens with zero attached hydrogens (tertiary/aromatic N) is 5. The van der Waals surface area contributed by atoms with Gasteiger partial charge in [-0.1, -0.05) is 26.8 Å². The number of sulfonamides is 1. The third kappa shape index (κ3) is 7.52. The Morgan fingerprint density at radius 2 is 1.84 bits per heavy atom. The molecule has 7 rings (SSSR count). The first-order valence-electron chi connectivity index (χ1n) is 17.9. The van der Waals surface area contributed by atoms with Gasteiger partial charge in [0.05, 0.1) is 18.4 Å². The molecule has 290 valence electrons. The van der Waals surface area contributed by atoms with Crippen molar-refractivity contribution in [3.05, 3.63) is 72.5 Å². The second-order valence-corrected chi connectivity index (χ2v) is 18.1. The summed E-state index contributed by atoms with van der Waals surface area (Å²) in [5, 5.41) is 17.2. The van der Waals surface area contributed by atoms with E-state index in [1.807, 2.05) is 38.3 Å². The van der Waals surface area contributed by atoms with E-state index in [0.717, 1.165) is 5.56 Å². The lowest BCUT2D eigenvalue weighted by atomic mass is 9.85. The van der Waals surface area contributed by atoms with E-state index in [2.05, 4.69) is 31.9 Å². The van der Waals surface area contributed by atoms with Gasteiger partial charge in [-0.15, -0.1) is 23.0 Å². The highest BCUT2D eigenvalue weighted by molar-refractivity contribution is 7.91. The third-order valence-corrected chi connectivity index (χ3v) is 12.9. The van der Waals surface area contributed by atoms with E-state index in [4.69, 9.17) is 14.9 Å². The molecule has 3 aliphatic rings. The molecule has 1 saturated heterocycles. The minimum Gasteiger partial charge on any atom is -0.497 e. The average Bonchev–Trinajstić information content (AvgIpc) is 3.72. The highest BCUT2D eigenvalue weighted by Gasteiger charge is 2.62. The third-order valence-electron chi connectivity index (χ3n) is 10.3. The van der Waals surface area contributed by atoms with Crippen LogP contribution in [0.25, 0.3) is 22.0 Å². The summed E-state index contributed by atoms with van der Waals surface area (Å²) in [6.45, 7) is 9.20. The predicted molar refractivity (Wildman–Crippen MR) is 203 cm³/mol. The van der Waals surface area contributed by atoms with E-state index in [0.29, 0.717) is 35.0 Å². The van der Waals surface area contributed by atoms with Crippen molar-refractivity contribution in [2.24, 2.45) is 11.3 Å². The molecule has 16 nitrogen and oxygen atoms in total. The van der Waals surface area contributed by atoms with Crippen molar-refractivity contribution in [3.63, 3.8) is 0 Å². The molecule has 55 heavy (non-hydrogen) atoms. The summed E-state index contributed by atoms with van der Waals surface area (Å²) in [7, 11) is -2.34. The summed E-state index contributed by atoms with van der Waals surface area (Å²) >= 11 is 1.39. The highest BCUT2D eigenvalue weighted by Crippen LogP contribution is 2.46. The summed E-state index contributed by atoms with van der Waals surface area (Å²) in [4.78, 5) is 66.2.